The van der Waals surface area contributed by atoms with Crippen LogP contribution in [-0.4, -0.2) is 52.2 Å². The van der Waals surface area contributed by atoms with Gasteiger partial charge in [0.05, 0.1) is 10.6 Å². The summed E-state index contributed by atoms with van der Waals surface area (Å²) >= 11 is 1.37. The number of carbonyl (C=O) groups excluding carboxylic acids is 1. The lowest BCUT2D eigenvalue weighted by atomic mass is 9.95. The molecule has 10 heteroatoms. The van der Waals surface area contributed by atoms with E-state index in [4.69, 9.17) is 0 Å². The molecule has 2 aliphatic rings. The van der Waals surface area contributed by atoms with Crippen LogP contribution in [0.5, 0.6) is 0 Å². The van der Waals surface area contributed by atoms with Crippen molar-refractivity contribution >= 4 is 33.4 Å². The Balaban J connectivity index is 1.39. The van der Waals surface area contributed by atoms with Gasteiger partial charge in [0.15, 0.2) is 5.16 Å². The number of thioether (sulfide) groups is 1. The molecule has 4 rings (SSSR count). The SMILES string of the molecule is Cc1nnc(SCC(=O)Nc2cccc(S(=O)(=O)N3CCCC3)c2)n1C1CCCCC1. The molecule has 1 aliphatic heterocycles. The van der Waals surface area contributed by atoms with Crippen LogP contribution in [0.2, 0.25) is 0 Å². The lowest BCUT2D eigenvalue weighted by Crippen LogP contribution is -2.28. The highest BCUT2D eigenvalue weighted by atomic mass is 32.2. The molecule has 168 valence electrons. The molecule has 0 spiro atoms. The lowest BCUT2D eigenvalue weighted by Gasteiger charge is -2.24. The molecule has 2 fully saturated rings. The first-order valence-electron chi connectivity index (χ1n) is 10.9. The van der Waals surface area contributed by atoms with Crippen LogP contribution < -0.4 is 5.32 Å². The van der Waals surface area contributed by atoms with Crippen LogP contribution >= 0.6 is 11.8 Å². The predicted molar refractivity (Wildman–Crippen MR) is 121 cm³/mol. The molecule has 31 heavy (non-hydrogen) atoms. The molecule has 0 atom stereocenters. The van der Waals surface area contributed by atoms with Crippen molar-refractivity contribution in [1.29, 1.82) is 0 Å². The minimum absolute atomic E-state index is 0.188. The molecule has 0 bridgehead atoms. The Morgan fingerprint density at radius 2 is 1.87 bits per heavy atom. The fourth-order valence-corrected chi connectivity index (χ4v) is 6.76. The summed E-state index contributed by atoms with van der Waals surface area (Å²) < 4.78 is 29.2. The monoisotopic (exact) mass is 463 g/mol. The topological polar surface area (TPSA) is 97.2 Å². The number of nitrogens with zero attached hydrogens (tertiary/aromatic N) is 4. The number of hydrogen-bond donors (Lipinski definition) is 1. The number of amides is 1. The maximum Gasteiger partial charge on any atom is 0.243 e. The average Bonchev–Trinajstić information content (AvgIpc) is 3.44. The Morgan fingerprint density at radius 1 is 1.13 bits per heavy atom. The largest absolute Gasteiger partial charge is 0.325 e. The minimum atomic E-state index is -3.51. The number of aryl methyl sites for hydroxylation is 1. The molecule has 0 radical (unpaired) electrons. The molecule has 1 aromatic heterocycles. The third kappa shape index (κ3) is 5.12. The first-order valence-corrected chi connectivity index (χ1v) is 13.3. The first-order chi connectivity index (χ1) is 14.9. The number of sulfonamides is 1. The van der Waals surface area contributed by atoms with Crippen LogP contribution in [0.1, 0.15) is 56.8 Å². The zero-order valence-electron chi connectivity index (χ0n) is 17.8. The van der Waals surface area contributed by atoms with Gasteiger partial charge in [-0.2, -0.15) is 4.31 Å². The summed E-state index contributed by atoms with van der Waals surface area (Å²) in [6, 6.07) is 6.88. The summed E-state index contributed by atoms with van der Waals surface area (Å²) in [5, 5.41) is 12.1. The Hall–Kier alpha value is -1.91. The predicted octanol–water partition coefficient (Wildman–Crippen LogP) is 3.61. The van der Waals surface area contributed by atoms with Gasteiger partial charge in [0, 0.05) is 24.8 Å². The van der Waals surface area contributed by atoms with Crippen LogP contribution in [0, 0.1) is 6.92 Å². The summed E-state index contributed by atoms with van der Waals surface area (Å²) in [6.07, 6.45) is 7.71. The van der Waals surface area contributed by atoms with Gasteiger partial charge in [0.1, 0.15) is 5.82 Å². The van der Waals surface area contributed by atoms with Gasteiger partial charge in [-0.3, -0.25) is 4.79 Å². The fraction of sp³-hybridized carbons (Fsp3) is 0.571. The fourth-order valence-electron chi connectivity index (χ4n) is 4.35. The Labute approximate surface area is 187 Å². The van der Waals surface area contributed by atoms with Crippen molar-refractivity contribution in [1.82, 2.24) is 19.1 Å². The van der Waals surface area contributed by atoms with Crippen molar-refractivity contribution in [3.63, 3.8) is 0 Å². The van der Waals surface area contributed by atoms with Crippen LogP contribution in [0.4, 0.5) is 5.69 Å². The number of aromatic nitrogens is 3. The van der Waals surface area contributed by atoms with Gasteiger partial charge in [-0.05, 0) is 50.8 Å². The van der Waals surface area contributed by atoms with E-state index in [2.05, 4.69) is 20.1 Å². The Kier molecular flexibility index (Phi) is 6.98. The van der Waals surface area contributed by atoms with Gasteiger partial charge >= 0.3 is 0 Å². The van der Waals surface area contributed by atoms with Crippen molar-refractivity contribution in [2.24, 2.45) is 0 Å². The zero-order chi connectivity index (χ0) is 21.8. The van der Waals surface area contributed by atoms with E-state index < -0.39 is 10.0 Å². The molecule has 1 N–H and O–H groups in total. The van der Waals surface area contributed by atoms with Gasteiger partial charge in [0.2, 0.25) is 15.9 Å². The van der Waals surface area contributed by atoms with Crippen molar-refractivity contribution in [2.45, 2.75) is 68.0 Å². The normalized spacial score (nSPS) is 18.4. The van der Waals surface area contributed by atoms with Crippen LogP contribution in [0.25, 0.3) is 0 Å². The van der Waals surface area contributed by atoms with Gasteiger partial charge in [-0.1, -0.05) is 37.1 Å². The second kappa shape index (κ2) is 9.70. The summed E-state index contributed by atoms with van der Waals surface area (Å²) in [4.78, 5) is 12.8. The second-order valence-corrected chi connectivity index (χ2v) is 11.0. The maximum atomic E-state index is 12.8. The Bertz CT molecular complexity index is 1030. The molecule has 1 saturated heterocycles. The van der Waals surface area contributed by atoms with Crippen LogP contribution in [-0.2, 0) is 14.8 Å². The molecule has 0 unspecified atom stereocenters. The standard InChI is InChI=1S/C21H29N5O3S2/c1-16-23-24-21(26(16)18-9-3-2-4-10-18)30-15-20(27)22-17-8-7-11-19(14-17)31(28,29)25-12-5-6-13-25/h7-8,11,14,18H,2-6,9-10,12-13,15H2,1H3,(H,22,27). The zero-order valence-corrected chi connectivity index (χ0v) is 19.4. The van der Waals surface area contributed by atoms with E-state index in [0.29, 0.717) is 24.8 Å². The molecular formula is C21H29N5O3S2. The maximum absolute atomic E-state index is 12.8. The summed E-state index contributed by atoms with van der Waals surface area (Å²) in [7, 11) is -3.51. The quantitative estimate of drug-likeness (QED) is 0.630. The number of carbonyl (C=O) groups is 1. The van der Waals surface area contributed by atoms with E-state index >= 15 is 0 Å². The number of rotatable bonds is 7. The number of anilines is 1. The molecule has 2 aromatic rings. The molecule has 2 heterocycles. The highest BCUT2D eigenvalue weighted by molar-refractivity contribution is 7.99. The highest BCUT2D eigenvalue weighted by Crippen LogP contribution is 2.32. The van der Waals surface area contributed by atoms with Crippen molar-refractivity contribution in [3.05, 3.63) is 30.1 Å². The van der Waals surface area contributed by atoms with E-state index in [1.165, 1.54) is 41.4 Å². The smallest absolute Gasteiger partial charge is 0.243 e. The molecule has 1 amide bonds. The van der Waals surface area contributed by atoms with Crippen molar-refractivity contribution < 1.29 is 13.2 Å². The number of benzene rings is 1. The molecular weight excluding hydrogens is 434 g/mol. The average molecular weight is 464 g/mol. The van der Waals surface area contributed by atoms with Crippen LogP contribution in [0.15, 0.2) is 34.3 Å². The van der Waals surface area contributed by atoms with Gasteiger partial charge in [0.25, 0.3) is 0 Å². The Morgan fingerprint density at radius 3 is 2.61 bits per heavy atom. The third-order valence-electron chi connectivity index (χ3n) is 5.93. The van der Waals surface area contributed by atoms with Gasteiger partial charge in [-0.15, -0.1) is 10.2 Å². The van der Waals surface area contributed by atoms with Crippen molar-refractivity contribution in [2.75, 3.05) is 24.2 Å². The molecule has 8 nitrogen and oxygen atoms in total. The minimum Gasteiger partial charge on any atom is -0.325 e. The first kappa shape index (κ1) is 22.3. The summed E-state index contributed by atoms with van der Waals surface area (Å²) in [5.41, 5.74) is 0.482. The summed E-state index contributed by atoms with van der Waals surface area (Å²) in [5.74, 6) is 0.875. The van der Waals surface area contributed by atoms with E-state index in [-0.39, 0.29) is 16.6 Å². The van der Waals surface area contributed by atoms with E-state index in [0.717, 1.165) is 36.7 Å². The van der Waals surface area contributed by atoms with Crippen molar-refractivity contribution in [3.8, 4) is 0 Å². The second-order valence-electron chi connectivity index (χ2n) is 8.17. The third-order valence-corrected chi connectivity index (χ3v) is 8.77. The number of hydrogen-bond acceptors (Lipinski definition) is 6. The highest BCUT2D eigenvalue weighted by Gasteiger charge is 2.27. The lowest BCUT2D eigenvalue weighted by molar-refractivity contribution is -0.113. The van der Waals surface area contributed by atoms with Gasteiger partial charge < -0.3 is 9.88 Å². The van der Waals surface area contributed by atoms with E-state index in [9.17, 15) is 13.2 Å². The van der Waals surface area contributed by atoms with E-state index in [1.54, 1.807) is 18.2 Å². The van der Waals surface area contributed by atoms with Crippen LogP contribution in [0.3, 0.4) is 0 Å². The molecule has 1 aromatic carbocycles. The number of nitrogens with one attached hydrogen (secondary N) is 1. The molecule has 1 aliphatic carbocycles. The van der Waals surface area contributed by atoms with E-state index in [1.807, 2.05) is 6.92 Å². The summed E-state index contributed by atoms with van der Waals surface area (Å²) in [6.45, 7) is 3.06. The van der Waals surface area contributed by atoms with Gasteiger partial charge in [-0.25, -0.2) is 8.42 Å². The molecule has 1 saturated carbocycles.